The Morgan fingerprint density at radius 3 is 2.40 bits per heavy atom. The van der Waals surface area contributed by atoms with Crippen LogP contribution in [0.15, 0.2) is 0 Å². The molecule has 0 heterocycles. The minimum Gasteiger partial charge on any atom is -0.386 e. The van der Waals surface area contributed by atoms with Crippen LogP contribution >= 0.6 is 0 Å². The smallest absolute Gasteiger partial charge is 0.117 e. The molecule has 0 aromatic carbocycles. The first-order valence-electron chi connectivity index (χ1n) is 3.45. The summed E-state index contributed by atoms with van der Waals surface area (Å²) in [6, 6.07) is 0. The second kappa shape index (κ2) is 3.56. The van der Waals surface area contributed by atoms with Gasteiger partial charge in [-0.1, -0.05) is 6.92 Å². The SMILES string of the molecule is CCC(C)(C)OCC(=N)N. The summed E-state index contributed by atoms with van der Waals surface area (Å²) in [5.74, 6) is 0.0847. The fourth-order valence-corrected chi connectivity index (χ4v) is 0.375. The average Bonchev–Trinajstić information content (AvgIpc) is 1.85. The predicted molar refractivity (Wildman–Crippen MR) is 42.2 cm³/mol. The third kappa shape index (κ3) is 4.32. The Labute approximate surface area is 62.1 Å². The highest BCUT2D eigenvalue weighted by atomic mass is 16.5. The second-order valence-corrected chi connectivity index (χ2v) is 2.93. The molecule has 0 bridgehead atoms. The van der Waals surface area contributed by atoms with E-state index < -0.39 is 0 Å². The number of hydrogen-bond acceptors (Lipinski definition) is 2. The van der Waals surface area contributed by atoms with Crippen LogP contribution in [0.1, 0.15) is 27.2 Å². The third-order valence-electron chi connectivity index (χ3n) is 1.47. The topological polar surface area (TPSA) is 59.1 Å². The Balaban J connectivity index is 3.56. The van der Waals surface area contributed by atoms with Crippen molar-refractivity contribution in [3.8, 4) is 0 Å². The van der Waals surface area contributed by atoms with E-state index in [9.17, 15) is 0 Å². The average molecular weight is 144 g/mol. The molecule has 0 unspecified atom stereocenters. The summed E-state index contributed by atoms with van der Waals surface area (Å²) < 4.78 is 5.29. The molecule has 0 atom stereocenters. The zero-order valence-electron chi connectivity index (χ0n) is 6.90. The van der Waals surface area contributed by atoms with E-state index in [0.717, 1.165) is 6.42 Å². The van der Waals surface area contributed by atoms with E-state index in [4.69, 9.17) is 15.9 Å². The Kier molecular flexibility index (Phi) is 3.36. The van der Waals surface area contributed by atoms with Crippen molar-refractivity contribution >= 4 is 5.84 Å². The maximum atomic E-state index is 6.90. The molecule has 60 valence electrons. The molecule has 3 nitrogen and oxygen atoms in total. The first-order chi connectivity index (χ1) is 4.48. The van der Waals surface area contributed by atoms with Crippen LogP contribution in [0.3, 0.4) is 0 Å². The van der Waals surface area contributed by atoms with Gasteiger partial charge in [0.05, 0.1) is 5.60 Å². The minimum atomic E-state index is -0.147. The lowest BCUT2D eigenvalue weighted by atomic mass is 10.1. The summed E-state index contributed by atoms with van der Waals surface area (Å²) in [4.78, 5) is 0. The van der Waals surface area contributed by atoms with Gasteiger partial charge in [-0.3, -0.25) is 5.41 Å². The van der Waals surface area contributed by atoms with Gasteiger partial charge in [0.2, 0.25) is 0 Å². The van der Waals surface area contributed by atoms with Crippen molar-refractivity contribution in [1.82, 2.24) is 0 Å². The normalized spacial score (nSPS) is 11.5. The second-order valence-electron chi connectivity index (χ2n) is 2.93. The van der Waals surface area contributed by atoms with Gasteiger partial charge in [-0.05, 0) is 20.3 Å². The molecular formula is C7H16N2O. The van der Waals surface area contributed by atoms with Crippen LogP contribution in [0.25, 0.3) is 0 Å². The zero-order valence-corrected chi connectivity index (χ0v) is 6.90. The van der Waals surface area contributed by atoms with E-state index in [1.165, 1.54) is 0 Å². The van der Waals surface area contributed by atoms with Crippen molar-refractivity contribution in [2.24, 2.45) is 5.73 Å². The molecule has 0 saturated carbocycles. The lowest BCUT2D eigenvalue weighted by Gasteiger charge is -2.22. The van der Waals surface area contributed by atoms with E-state index in [1.807, 2.05) is 20.8 Å². The molecule has 0 saturated heterocycles. The van der Waals surface area contributed by atoms with Gasteiger partial charge in [-0.15, -0.1) is 0 Å². The predicted octanol–water partition coefficient (Wildman–Crippen LogP) is 1.13. The molecule has 0 spiro atoms. The van der Waals surface area contributed by atoms with Gasteiger partial charge >= 0.3 is 0 Å². The van der Waals surface area contributed by atoms with Crippen LogP contribution in [-0.2, 0) is 4.74 Å². The van der Waals surface area contributed by atoms with E-state index >= 15 is 0 Å². The van der Waals surface area contributed by atoms with Gasteiger partial charge in [0.15, 0.2) is 0 Å². The third-order valence-corrected chi connectivity index (χ3v) is 1.47. The van der Waals surface area contributed by atoms with Gasteiger partial charge in [0.25, 0.3) is 0 Å². The van der Waals surface area contributed by atoms with Crippen LogP contribution in [0.5, 0.6) is 0 Å². The van der Waals surface area contributed by atoms with Gasteiger partial charge in [-0.2, -0.15) is 0 Å². The molecule has 0 aliphatic carbocycles. The molecule has 0 rings (SSSR count). The molecule has 10 heavy (non-hydrogen) atoms. The van der Waals surface area contributed by atoms with Crippen LogP contribution in [-0.4, -0.2) is 18.0 Å². The summed E-state index contributed by atoms with van der Waals surface area (Å²) in [7, 11) is 0. The molecule has 3 heteroatoms. The van der Waals surface area contributed by atoms with Crippen LogP contribution in [0.2, 0.25) is 0 Å². The van der Waals surface area contributed by atoms with Crippen molar-refractivity contribution in [3.63, 3.8) is 0 Å². The quantitative estimate of drug-likeness (QED) is 0.459. The van der Waals surface area contributed by atoms with Gasteiger partial charge in [0, 0.05) is 0 Å². The molecule has 0 radical (unpaired) electrons. The molecule has 0 aliphatic rings. The zero-order chi connectivity index (χ0) is 8.20. The van der Waals surface area contributed by atoms with E-state index in [2.05, 4.69) is 0 Å². The summed E-state index contributed by atoms with van der Waals surface area (Å²) in [6.07, 6.45) is 0.931. The van der Waals surface area contributed by atoms with Crippen LogP contribution in [0, 0.1) is 5.41 Å². The molecular weight excluding hydrogens is 128 g/mol. The lowest BCUT2D eigenvalue weighted by Crippen LogP contribution is -2.29. The largest absolute Gasteiger partial charge is 0.386 e. The number of nitrogens with two attached hydrogens (primary N) is 1. The summed E-state index contributed by atoms with van der Waals surface area (Å²) in [5, 5.41) is 6.90. The lowest BCUT2D eigenvalue weighted by molar-refractivity contribution is 0.00188. The molecule has 0 aromatic rings. The molecule has 0 aromatic heterocycles. The highest BCUT2D eigenvalue weighted by molar-refractivity contribution is 5.78. The highest BCUT2D eigenvalue weighted by Gasteiger charge is 2.14. The standard InChI is InChI=1S/C7H16N2O/c1-4-7(2,3)10-5-6(8)9/h4-5H2,1-3H3,(H3,8,9). The number of ether oxygens (including phenoxy) is 1. The summed E-state index contributed by atoms with van der Waals surface area (Å²) >= 11 is 0. The minimum absolute atomic E-state index is 0.0847. The first-order valence-corrected chi connectivity index (χ1v) is 3.45. The Hall–Kier alpha value is -0.570. The maximum Gasteiger partial charge on any atom is 0.117 e. The van der Waals surface area contributed by atoms with Crippen LogP contribution < -0.4 is 5.73 Å². The van der Waals surface area contributed by atoms with Crippen molar-refractivity contribution in [2.45, 2.75) is 32.8 Å². The Bertz CT molecular complexity index is 121. The van der Waals surface area contributed by atoms with Crippen LogP contribution in [0.4, 0.5) is 0 Å². The van der Waals surface area contributed by atoms with E-state index in [0.29, 0.717) is 0 Å². The molecule has 0 fully saturated rings. The first kappa shape index (κ1) is 9.43. The number of amidine groups is 1. The van der Waals surface area contributed by atoms with E-state index in [-0.39, 0.29) is 18.0 Å². The monoisotopic (exact) mass is 144 g/mol. The van der Waals surface area contributed by atoms with Gasteiger partial charge in [-0.25, -0.2) is 0 Å². The fourth-order valence-electron chi connectivity index (χ4n) is 0.375. The van der Waals surface area contributed by atoms with Gasteiger partial charge in [0.1, 0.15) is 12.4 Å². The van der Waals surface area contributed by atoms with Crippen molar-refractivity contribution in [2.75, 3.05) is 6.61 Å². The maximum absolute atomic E-state index is 6.90. The number of nitrogens with one attached hydrogen (secondary N) is 1. The molecule has 0 aliphatic heterocycles. The Morgan fingerprint density at radius 1 is 1.60 bits per heavy atom. The number of hydrogen-bond donors (Lipinski definition) is 2. The van der Waals surface area contributed by atoms with Crippen molar-refractivity contribution in [3.05, 3.63) is 0 Å². The summed E-state index contributed by atoms with van der Waals surface area (Å²) in [6.45, 7) is 6.24. The summed E-state index contributed by atoms with van der Waals surface area (Å²) in [5.41, 5.74) is 4.97. The molecule has 0 amide bonds. The van der Waals surface area contributed by atoms with Crippen molar-refractivity contribution in [1.29, 1.82) is 5.41 Å². The highest BCUT2D eigenvalue weighted by Crippen LogP contribution is 2.12. The Morgan fingerprint density at radius 2 is 2.10 bits per heavy atom. The van der Waals surface area contributed by atoms with Gasteiger partial charge < -0.3 is 10.5 Å². The number of rotatable bonds is 4. The van der Waals surface area contributed by atoms with Crippen molar-refractivity contribution < 1.29 is 4.74 Å². The fraction of sp³-hybridized carbons (Fsp3) is 0.857. The van der Waals surface area contributed by atoms with E-state index in [1.54, 1.807) is 0 Å². The molecule has 3 N–H and O–H groups in total.